The average molecular weight is 383 g/mol. The van der Waals surface area contributed by atoms with E-state index in [9.17, 15) is 9.59 Å². The molecule has 28 heavy (non-hydrogen) atoms. The topological polar surface area (TPSA) is 72.7 Å². The van der Waals surface area contributed by atoms with Crippen molar-refractivity contribution in [3.63, 3.8) is 0 Å². The minimum atomic E-state index is -0.515. The molecule has 2 aromatic rings. The van der Waals surface area contributed by atoms with Gasteiger partial charge in [0.1, 0.15) is 0 Å². The number of aromatic nitrogens is 2. The van der Waals surface area contributed by atoms with Gasteiger partial charge in [0.15, 0.2) is 5.69 Å². The second kappa shape index (κ2) is 7.22. The van der Waals surface area contributed by atoms with Crippen LogP contribution < -0.4 is 5.32 Å². The molecule has 150 valence electrons. The quantitative estimate of drug-likeness (QED) is 0.814. The number of ether oxygens (including phenoxy) is 1. The van der Waals surface area contributed by atoms with Crippen LogP contribution in [0.1, 0.15) is 74.0 Å². The number of pyridine rings is 1. The maximum Gasteiger partial charge on any atom is 0.374 e. The lowest BCUT2D eigenvalue weighted by atomic mass is 9.61. The van der Waals surface area contributed by atoms with Crippen LogP contribution in [0.4, 0.5) is 0 Å². The fourth-order valence-corrected chi connectivity index (χ4v) is 5.70. The van der Waals surface area contributed by atoms with Gasteiger partial charge in [0.25, 0.3) is 5.91 Å². The minimum Gasteiger partial charge on any atom is -0.460 e. The van der Waals surface area contributed by atoms with Gasteiger partial charge >= 0.3 is 5.97 Å². The Morgan fingerprint density at radius 1 is 1.21 bits per heavy atom. The van der Waals surface area contributed by atoms with Crippen molar-refractivity contribution in [2.24, 2.45) is 17.8 Å². The molecule has 2 heterocycles. The fraction of sp³-hybridized carbons (Fsp3) is 0.591. The summed E-state index contributed by atoms with van der Waals surface area (Å²) in [4.78, 5) is 30.0. The number of hydrogen-bond acceptors (Lipinski definition) is 4. The van der Waals surface area contributed by atoms with Gasteiger partial charge in [-0.1, -0.05) is 19.9 Å². The van der Waals surface area contributed by atoms with Gasteiger partial charge in [-0.25, -0.2) is 9.78 Å². The molecule has 2 saturated carbocycles. The molecule has 1 N–H and O–H groups in total. The van der Waals surface area contributed by atoms with E-state index in [0.29, 0.717) is 29.0 Å². The molecule has 6 heteroatoms. The summed E-state index contributed by atoms with van der Waals surface area (Å²) >= 11 is 0. The van der Waals surface area contributed by atoms with Crippen molar-refractivity contribution in [3.8, 4) is 0 Å². The van der Waals surface area contributed by atoms with Crippen molar-refractivity contribution >= 4 is 17.4 Å². The number of amides is 1. The molecule has 0 aliphatic heterocycles. The number of esters is 1. The minimum absolute atomic E-state index is 0.145. The Bertz CT molecular complexity index is 884. The van der Waals surface area contributed by atoms with Crippen LogP contribution in [0.2, 0.25) is 0 Å². The van der Waals surface area contributed by atoms with Gasteiger partial charge in [0.2, 0.25) is 5.82 Å². The van der Waals surface area contributed by atoms with E-state index in [1.54, 1.807) is 17.5 Å². The second-order valence-electron chi connectivity index (χ2n) is 8.85. The van der Waals surface area contributed by atoms with E-state index in [1.165, 1.54) is 12.8 Å². The van der Waals surface area contributed by atoms with Crippen molar-refractivity contribution < 1.29 is 14.3 Å². The zero-order valence-electron chi connectivity index (χ0n) is 16.9. The summed E-state index contributed by atoms with van der Waals surface area (Å²) in [5.74, 6) is 1.34. The van der Waals surface area contributed by atoms with Gasteiger partial charge in [0, 0.05) is 11.7 Å². The van der Waals surface area contributed by atoms with Gasteiger partial charge in [-0.2, -0.15) is 0 Å². The molecular weight excluding hydrogens is 354 g/mol. The Labute approximate surface area is 165 Å². The number of carbonyl (C=O) groups is 2. The summed E-state index contributed by atoms with van der Waals surface area (Å²) in [6, 6.07) is 5.48. The summed E-state index contributed by atoms with van der Waals surface area (Å²) in [5.41, 5.74) is 0.765. The van der Waals surface area contributed by atoms with E-state index in [1.807, 2.05) is 18.2 Å². The van der Waals surface area contributed by atoms with E-state index in [2.05, 4.69) is 24.1 Å². The highest BCUT2D eigenvalue weighted by molar-refractivity contribution is 6.01. The number of hydrogen-bond donors (Lipinski definition) is 1. The summed E-state index contributed by atoms with van der Waals surface area (Å²) in [6.45, 7) is 6.59. The Balaban J connectivity index is 1.67. The smallest absolute Gasteiger partial charge is 0.374 e. The number of nitrogens with one attached hydrogen (secondary N) is 1. The van der Waals surface area contributed by atoms with Crippen LogP contribution in [-0.2, 0) is 4.74 Å². The first kappa shape index (κ1) is 19.0. The van der Waals surface area contributed by atoms with E-state index < -0.39 is 5.97 Å². The predicted molar refractivity (Wildman–Crippen MR) is 106 cm³/mol. The Morgan fingerprint density at radius 2 is 1.93 bits per heavy atom. The van der Waals surface area contributed by atoms with Crippen molar-refractivity contribution in [2.75, 3.05) is 6.61 Å². The number of rotatable bonds is 4. The van der Waals surface area contributed by atoms with Crippen molar-refractivity contribution in [2.45, 2.75) is 58.4 Å². The van der Waals surface area contributed by atoms with E-state index >= 15 is 0 Å². The monoisotopic (exact) mass is 383 g/mol. The fourth-order valence-electron chi connectivity index (χ4n) is 5.70. The van der Waals surface area contributed by atoms with Gasteiger partial charge in [-0.15, -0.1) is 0 Å². The van der Waals surface area contributed by atoms with Crippen LogP contribution in [0.15, 0.2) is 24.4 Å². The Morgan fingerprint density at radius 3 is 2.61 bits per heavy atom. The number of carbonyl (C=O) groups excluding carboxylic acids is 2. The van der Waals surface area contributed by atoms with Crippen LogP contribution in [0, 0.1) is 17.8 Å². The zero-order valence-corrected chi connectivity index (χ0v) is 16.9. The molecule has 4 rings (SSSR count). The first-order valence-corrected chi connectivity index (χ1v) is 10.4. The van der Waals surface area contributed by atoms with E-state index in [0.717, 1.165) is 19.3 Å². The summed E-state index contributed by atoms with van der Waals surface area (Å²) < 4.78 is 6.76. The maximum absolute atomic E-state index is 13.3. The molecule has 0 saturated heterocycles. The standard InChI is InChI=1S/C22H29N3O3/c1-4-28-21(27)19-23-18(17-7-5-6-8-25(17)19)20(26)24-22-11-14(2)9-16(13-22)10-15(3)12-22/h5-8,14-16H,4,9-13H2,1-3H3,(H,24,26). The second-order valence-corrected chi connectivity index (χ2v) is 8.85. The van der Waals surface area contributed by atoms with Gasteiger partial charge < -0.3 is 10.1 Å². The molecule has 2 atom stereocenters. The third kappa shape index (κ3) is 3.40. The molecule has 2 bridgehead atoms. The molecule has 6 nitrogen and oxygen atoms in total. The van der Waals surface area contributed by atoms with Crippen molar-refractivity contribution in [1.82, 2.24) is 14.7 Å². The lowest BCUT2D eigenvalue weighted by Gasteiger charge is -2.50. The lowest BCUT2D eigenvalue weighted by Crippen LogP contribution is -2.56. The zero-order chi connectivity index (χ0) is 19.9. The molecule has 2 unspecified atom stereocenters. The molecule has 1 amide bonds. The highest BCUT2D eigenvalue weighted by Gasteiger charge is 2.45. The Hall–Kier alpha value is -2.37. The number of nitrogens with zero attached hydrogens (tertiary/aromatic N) is 2. The van der Waals surface area contributed by atoms with Crippen molar-refractivity contribution in [3.05, 3.63) is 35.9 Å². The third-order valence-electron chi connectivity index (χ3n) is 6.23. The van der Waals surface area contributed by atoms with Gasteiger partial charge in [0.05, 0.1) is 12.1 Å². The van der Waals surface area contributed by atoms with Crippen LogP contribution in [0.25, 0.3) is 5.52 Å². The Kier molecular flexibility index (Phi) is 4.89. The number of fused-ring (bicyclic) bond motifs is 3. The van der Waals surface area contributed by atoms with E-state index in [-0.39, 0.29) is 23.9 Å². The van der Waals surface area contributed by atoms with E-state index in [4.69, 9.17) is 4.74 Å². The predicted octanol–water partition coefficient (Wildman–Crippen LogP) is 3.85. The molecule has 0 aromatic carbocycles. The van der Waals surface area contributed by atoms with Crippen LogP contribution in [0.5, 0.6) is 0 Å². The SMILES string of the molecule is CCOC(=O)c1nc(C(=O)NC23CC(C)CC(CC(C)C2)C3)c2ccccn12. The van der Waals surface area contributed by atoms with Crippen molar-refractivity contribution in [1.29, 1.82) is 0 Å². The molecule has 2 aromatic heterocycles. The summed E-state index contributed by atoms with van der Waals surface area (Å²) in [5, 5.41) is 3.35. The normalized spacial score (nSPS) is 29.5. The molecular formula is C22H29N3O3. The molecule has 2 aliphatic rings. The lowest BCUT2D eigenvalue weighted by molar-refractivity contribution is 0.0475. The summed E-state index contributed by atoms with van der Waals surface area (Å²) in [7, 11) is 0. The third-order valence-corrected chi connectivity index (χ3v) is 6.23. The molecule has 2 fully saturated rings. The van der Waals surface area contributed by atoms with Crippen LogP contribution in [-0.4, -0.2) is 33.4 Å². The first-order chi connectivity index (χ1) is 13.4. The van der Waals surface area contributed by atoms with Gasteiger partial charge in [-0.3, -0.25) is 9.20 Å². The highest BCUT2D eigenvalue weighted by Crippen LogP contribution is 2.47. The maximum atomic E-state index is 13.3. The van der Waals surface area contributed by atoms with Crippen LogP contribution in [0.3, 0.4) is 0 Å². The average Bonchev–Trinajstić information content (AvgIpc) is 3.00. The molecule has 0 radical (unpaired) electrons. The summed E-state index contributed by atoms with van der Waals surface area (Å²) in [6.07, 6.45) is 7.31. The molecule has 0 spiro atoms. The number of imidazole rings is 1. The largest absolute Gasteiger partial charge is 0.460 e. The van der Waals surface area contributed by atoms with Gasteiger partial charge in [-0.05, 0) is 68.9 Å². The molecule has 2 aliphatic carbocycles. The van der Waals surface area contributed by atoms with Crippen LogP contribution >= 0.6 is 0 Å². The highest BCUT2D eigenvalue weighted by atomic mass is 16.5. The first-order valence-electron chi connectivity index (χ1n) is 10.4.